The molecule has 1 aliphatic rings. The second kappa shape index (κ2) is 5.52. The monoisotopic (exact) mass is 285 g/mol. The summed E-state index contributed by atoms with van der Waals surface area (Å²) in [6.07, 6.45) is 1.30. The largest absolute Gasteiger partial charge is 0.351 e. The third-order valence-electron chi connectivity index (χ3n) is 3.08. The van der Waals surface area contributed by atoms with E-state index in [1.54, 1.807) is 0 Å². The zero-order valence-electron chi connectivity index (χ0n) is 10.3. The van der Waals surface area contributed by atoms with Crippen molar-refractivity contribution in [3.63, 3.8) is 0 Å². The number of rotatable bonds is 4. The number of hydrogen-bond donors (Lipinski definition) is 2. The lowest BCUT2D eigenvalue weighted by atomic mass is 10.1. The van der Waals surface area contributed by atoms with Crippen LogP contribution in [0, 0.1) is 5.92 Å². The van der Waals surface area contributed by atoms with E-state index in [4.69, 9.17) is 0 Å². The maximum atomic E-state index is 11.6. The number of aromatic amines is 1. The Labute approximate surface area is 110 Å². The third kappa shape index (κ3) is 3.88. The molecule has 1 aromatic rings. The lowest BCUT2D eigenvalue weighted by Gasteiger charge is -2.08. The van der Waals surface area contributed by atoms with E-state index in [1.807, 2.05) is 0 Å². The number of amides is 1. The molecule has 1 saturated heterocycles. The highest BCUT2D eigenvalue weighted by molar-refractivity contribution is 7.91. The molecule has 7 nitrogen and oxygen atoms in total. The van der Waals surface area contributed by atoms with Crippen LogP contribution >= 0.6 is 0 Å². The molecular weight excluding hydrogens is 270 g/mol. The van der Waals surface area contributed by atoms with E-state index in [0.717, 1.165) is 0 Å². The minimum absolute atomic E-state index is 0.119. The lowest BCUT2D eigenvalue weighted by Crippen LogP contribution is -2.28. The molecule has 0 radical (unpaired) electrons. The predicted molar refractivity (Wildman–Crippen MR) is 68.6 cm³/mol. The molecule has 2 N–H and O–H groups in total. The van der Waals surface area contributed by atoms with Crippen LogP contribution in [0.2, 0.25) is 0 Å². The van der Waals surface area contributed by atoms with Crippen LogP contribution in [0.5, 0.6) is 0 Å². The first-order valence-corrected chi connectivity index (χ1v) is 7.83. The second-order valence-corrected chi connectivity index (χ2v) is 6.85. The Morgan fingerprint density at radius 1 is 1.47 bits per heavy atom. The summed E-state index contributed by atoms with van der Waals surface area (Å²) in [5.74, 6) is 0.193. The average molecular weight is 285 g/mol. The van der Waals surface area contributed by atoms with E-state index in [0.29, 0.717) is 19.4 Å². The normalized spacial score (nSPS) is 21.2. The number of carbonyl (C=O) groups is 1. The highest BCUT2D eigenvalue weighted by Gasteiger charge is 2.27. The molecule has 0 aliphatic carbocycles. The Hall–Kier alpha value is -1.70. The Kier molecular flexibility index (Phi) is 3.98. The zero-order chi connectivity index (χ0) is 13.9. The average Bonchev–Trinajstić information content (AvgIpc) is 2.69. The zero-order valence-corrected chi connectivity index (χ0v) is 11.1. The van der Waals surface area contributed by atoms with Crippen molar-refractivity contribution in [3.05, 3.63) is 28.2 Å². The molecule has 2 rings (SSSR count). The first-order chi connectivity index (χ1) is 8.96. The fourth-order valence-electron chi connectivity index (χ4n) is 2.05. The molecule has 0 spiro atoms. The van der Waals surface area contributed by atoms with Crippen molar-refractivity contribution in [2.75, 3.05) is 18.1 Å². The number of H-pyrrole nitrogens is 1. The molecule has 1 fully saturated rings. The summed E-state index contributed by atoms with van der Waals surface area (Å²) < 4.78 is 22.5. The van der Waals surface area contributed by atoms with Gasteiger partial charge in [0.1, 0.15) is 5.69 Å². The van der Waals surface area contributed by atoms with E-state index in [-0.39, 0.29) is 34.6 Å². The summed E-state index contributed by atoms with van der Waals surface area (Å²) in [4.78, 5) is 22.4. The van der Waals surface area contributed by atoms with Gasteiger partial charge in [0.15, 0.2) is 9.84 Å². The fraction of sp³-hybridized carbons (Fsp3) is 0.545. The number of aromatic nitrogens is 2. The van der Waals surface area contributed by atoms with Crippen molar-refractivity contribution >= 4 is 15.7 Å². The van der Waals surface area contributed by atoms with Crippen LogP contribution in [-0.2, 0) is 9.84 Å². The molecule has 0 bridgehead atoms. The molecule has 1 unspecified atom stereocenters. The Morgan fingerprint density at radius 3 is 2.84 bits per heavy atom. The van der Waals surface area contributed by atoms with Crippen molar-refractivity contribution < 1.29 is 13.2 Å². The van der Waals surface area contributed by atoms with Crippen LogP contribution < -0.4 is 10.9 Å². The minimum atomic E-state index is -2.87. The topological polar surface area (TPSA) is 109 Å². The van der Waals surface area contributed by atoms with E-state index in [9.17, 15) is 18.0 Å². The molecule has 0 aromatic carbocycles. The van der Waals surface area contributed by atoms with Gasteiger partial charge in [-0.2, -0.15) is 5.10 Å². The van der Waals surface area contributed by atoms with E-state index in [2.05, 4.69) is 15.5 Å². The molecule has 1 aromatic heterocycles. The van der Waals surface area contributed by atoms with E-state index < -0.39 is 9.84 Å². The molecule has 1 amide bonds. The number of sulfone groups is 1. The summed E-state index contributed by atoms with van der Waals surface area (Å²) in [5, 5.41) is 8.44. The fourth-order valence-corrected chi connectivity index (χ4v) is 3.96. The standard InChI is InChI=1S/C11H15N3O4S/c15-10-2-1-9(13-14-10)11(16)12-5-3-8-4-6-19(17,18)7-8/h1-2,8H,3-7H2,(H,12,16)(H,14,15). The molecule has 19 heavy (non-hydrogen) atoms. The molecule has 1 aliphatic heterocycles. The number of nitrogens with one attached hydrogen (secondary N) is 2. The minimum Gasteiger partial charge on any atom is -0.351 e. The molecular formula is C11H15N3O4S. The Bertz CT molecular complexity index is 603. The lowest BCUT2D eigenvalue weighted by molar-refractivity contribution is 0.0945. The Morgan fingerprint density at radius 2 is 2.26 bits per heavy atom. The predicted octanol–water partition coefficient (Wildman–Crippen LogP) is -0.675. The van der Waals surface area contributed by atoms with Crippen LogP contribution in [-0.4, -0.2) is 42.6 Å². The number of nitrogens with zero attached hydrogens (tertiary/aromatic N) is 1. The van der Waals surface area contributed by atoms with Gasteiger partial charge in [0.25, 0.3) is 11.5 Å². The summed E-state index contributed by atoms with van der Waals surface area (Å²) >= 11 is 0. The maximum absolute atomic E-state index is 11.6. The summed E-state index contributed by atoms with van der Waals surface area (Å²) in [6.45, 7) is 0.403. The van der Waals surface area contributed by atoms with E-state index >= 15 is 0 Å². The van der Waals surface area contributed by atoms with Crippen LogP contribution in [0.3, 0.4) is 0 Å². The van der Waals surface area contributed by atoms with Crippen LogP contribution in [0.1, 0.15) is 23.3 Å². The molecule has 8 heteroatoms. The highest BCUT2D eigenvalue weighted by Crippen LogP contribution is 2.20. The van der Waals surface area contributed by atoms with Crippen molar-refractivity contribution in [2.45, 2.75) is 12.8 Å². The van der Waals surface area contributed by atoms with Gasteiger partial charge in [-0.25, -0.2) is 13.5 Å². The maximum Gasteiger partial charge on any atom is 0.271 e. The first-order valence-electron chi connectivity index (χ1n) is 6.01. The number of hydrogen-bond acceptors (Lipinski definition) is 5. The second-order valence-electron chi connectivity index (χ2n) is 4.62. The van der Waals surface area contributed by atoms with Crippen LogP contribution in [0.25, 0.3) is 0 Å². The Balaban J connectivity index is 1.78. The van der Waals surface area contributed by atoms with Crippen molar-refractivity contribution in [1.29, 1.82) is 0 Å². The van der Waals surface area contributed by atoms with Gasteiger partial charge in [-0.3, -0.25) is 9.59 Å². The van der Waals surface area contributed by atoms with Gasteiger partial charge in [0, 0.05) is 12.6 Å². The van der Waals surface area contributed by atoms with Gasteiger partial charge in [-0.15, -0.1) is 0 Å². The van der Waals surface area contributed by atoms with Gasteiger partial charge in [0.2, 0.25) is 0 Å². The van der Waals surface area contributed by atoms with E-state index in [1.165, 1.54) is 12.1 Å². The smallest absolute Gasteiger partial charge is 0.271 e. The van der Waals surface area contributed by atoms with Crippen LogP contribution in [0.15, 0.2) is 16.9 Å². The molecule has 104 valence electrons. The van der Waals surface area contributed by atoms with Crippen molar-refractivity contribution in [2.24, 2.45) is 5.92 Å². The van der Waals surface area contributed by atoms with Crippen molar-refractivity contribution in [3.8, 4) is 0 Å². The summed E-state index contributed by atoms with van der Waals surface area (Å²) in [7, 11) is -2.87. The number of carbonyl (C=O) groups excluding carboxylic acids is 1. The third-order valence-corrected chi connectivity index (χ3v) is 4.91. The summed E-state index contributed by atoms with van der Waals surface area (Å²) in [6, 6.07) is 2.57. The first kappa shape index (κ1) is 13.7. The van der Waals surface area contributed by atoms with Gasteiger partial charge >= 0.3 is 0 Å². The highest BCUT2D eigenvalue weighted by atomic mass is 32.2. The van der Waals surface area contributed by atoms with Gasteiger partial charge < -0.3 is 5.32 Å². The van der Waals surface area contributed by atoms with Crippen molar-refractivity contribution in [1.82, 2.24) is 15.5 Å². The van der Waals surface area contributed by atoms with Gasteiger partial charge in [0.05, 0.1) is 11.5 Å². The quantitative estimate of drug-likeness (QED) is 0.762. The molecule has 1 atom stereocenters. The molecule has 2 heterocycles. The molecule has 0 saturated carbocycles. The van der Waals surface area contributed by atoms with Crippen LogP contribution in [0.4, 0.5) is 0 Å². The van der Waals surface area contributed by atoms with Gasteiger partial charge in [-0.1, -0.05) is 0 Å². The van der Waals surface area contributed by atoms with Gasteiger partial charge in [-0.05, 0) is 24.8 Å². The SMILES string of the molecule is O=C(NCCC1CCS(=O)(=O)C1)c1ccc(=O)[nH]n1. The summed E-state index contributed by atoms with van der Waals surface area (Å²) in [5.41, 5.74) is -0.230.